The maximum absolute atomic E-state index is 12.3. The average Bonchev–Trinajstić information content (AvgIpc) is 2.82. The lowest BCUT2D eigenvalue weighted by atomic mass is 9.94. The second-order valence-corrected chi connectivity index (χ2v) is 7.28. The van der Waals surface area contributed by atoms with Crippen LogP contribution >= 0.6 is 22.6 Å². The van der Waals surface area contributed by atoms with Crippen LogP contribution in [0.2, 0.25) is 0 Å². The van der Waals surface area contributed by atoms with E-state index in [1.807, 2.05) is 0 Å². The largest absolute Gasteiger partial charge is 0.459 e. The smallest absolute Gasteiger partial charge is 0.320 e. The second-order valence-electron chi connectivity index (χ2n) is 6.60. The van der Waals surface area contributed by atoms with E-state index in [1.54, 1.807) is 7.11 Å². The standard InChI is InChI=1S/C17H30INO3/c1-21-15-10-6-7-11-16(15)22-17(20)12-19(13-18)14-8-4-2-3-5-9-14/h14-16H,2-13H2,1H3/t15-,16+/m1/s1. The van der Waals surface area contributed by atoms with Gasteiger partial charge in [0.05, 0.1) is 17.2 Å². The first-order valence-electron chi connectivity index (χ1n) is 8.77. The van der Waals surface area contributed by atoms with Gasteiger partial charge >= 0.3 is 5.97 Å². The van der Waals surface area contributed by atoms with E-state index in [0.717, 1.165) is 23.8 Å². The predicted molar refractivity (Wildman–Crippen MR) is 96.2 cm³/mol. The van der Waals surface area contributed by atoms with Gasteiger partial charge in [-0.3, -0.25) is 9.69 Å². The second kappa shape index (κ2) is 10.1. The molecule has 0 radical (unpaired) electrons. The zero-order chi connectivity index (χ0) is 15.8. The van der Waals surface area contributed by atoms with E-state index in [2.05, 4.69) is 27.5 Å². The van der Waals surface area contributed by atoms with Gasteiger partial charge in [0, 0.05) is 13.2 Å². The van der Waals surface area contributed by atoms with Crippen molar-refractivity contribution >= 4 is 28.6 Å². The normalized spacial score (nSPS) is 27.6. The first-order valence-corrected chi connectivity index (χ1v) is 10.3. The van der Waals surface area contributed by atoms with E-state index in [4.69, 9.17) is 9.47 Å². The van der Waals surface area contributed by atoms with Gasteiger partial charge in [-0.15, -0.1) is 0 Å². The molecule has 2 aliphatic carbocycles. The quantitative estimate of drug-likeness (QED) is 0.214. The summed E-state index contributed by atoms with van der Waals surface area (Å²) in [4.78, 5) is 14.7. The Kier molecular flexibility index (Phi) is 8.46. The monoisotopic (exact) mass is 423 g/mol. The molecule has 5 heteroatoms. The Hall–Kier alpha value is 0.120. The molecule has 0 spiro atoms. The van der Waals surface area contributed by atoms with Crippen molar-refractivity contribution in [1.29, 1.82) is 0 Å². The molecular weight excluding hydrogens is 393 g/mol. The maximum Gasteiger partial charge on any atom is 0.320 e. The minimum atomic E-state index is -0.0742. The number of rotatable bonds is 6. The molecule has 0 aromatic carbocycles. The fourth-order valence-electron chi connectivity index (χ4n) is 3.73. The van der Waals surface area contributed by atoms with E-state index in [0.29, 0.717) is 12.6 Å². The van der Waals surface area contributed by atoms with Crippen molar-refractivity contribution in [3.05, 3.63) is 0 Å². The van der Waals surface area contributed by atoms with Crippen molar-refractivity contribution in [2.75, 3.05) is 18.2 Å². The molecule has 2 saturated carbocycles. The van der Waals surface area contributed by atoms with Crippen LogP contribution in [0.5, 0.6) is 0 Å². The molecule has 0 N–H and O–H groups in total. The number of halogens is 1. The Morgan fingerprint density at radius 1 is 1.00 bits per heavy atom. The highest BCUT2D eigenvalue weighted by atomic mass is 127. The Morgan fingerprint density at radius 2 is 1.59 bits per heavy atom. The molecule has 0 heterocycles. The highest BCUT2D eigenvalue weighted by molar-refractivity contribution is 14.1. The minimum Gasteiger partial charge on any atom is -0.459 e. The van der Waals surface area contributed by atoms with Gasteiger partial charge in [-0.05, 0) is 32.1 Å². The Labute approximate surface area is 148 Å². The molecule has 2 rings (SSSR count). The van der Waals surface area contributed by atoms with Gasteiger partial charge in [0.25, 0.3) is 0 Å². The molecule has 0 unspecified atom stereocenters. The molecule has 2 aliphatic rings. The summed E-state index contributed by atoms with van der Waals surface area (Å²) in [6.45, 7) is 0.431. The Bertz CT molecular complexity index is 332. The number of ether oxygens (including phenoxy) is 2. The van der Waals surface area contributed by atoms with Crippen molar-refractivity contribution in [3.63, 3.8) is 0 Å². The molecule has 128 valence electrons. The number of alkyl halides is 1. The lowest BCUT2D eigenvalue weighted by Gasteiger charge is -2.32. The Morgan fingerprint density at radius 3 is 2.18 bits per heavy atom. The summed E-state index contributed by atoms with van der Waals surface area (Å²) in [6.07, 6.45) is 12.0. The van der Waals surface area contributed by atoms with Gasteiger partial charge in [-0.1, -0.05) is 54.7 Å². The summed E-state index contributed by atoms with van der Waals surface area (Å²) in [5, 5.41) is 0. The summed E-state index contributed by atoms with van der Waals surface area (Å²) in [7, 11) is 1.72. The van der Waals surface area contributed by atoms with E-state index < -0.39 is 0 Å². The van der Waals surface area contributed by atoms with Crippen molar-refractivity contribution in [2.24, 2.45) is 0 Å². The fraction of sp³-hybridized carbons (Fsp3) is 0.941. The first kappa shape index (κ1) is 18.5. The van der Waals surface area contributed by atoms with Crippen LogP contribution < -0.4 is 0 Å². The molecule has 0 aromatic rings. The van der Waals surface area contributed by atoms with E-state index in [-0.39, 0.29) is 18.2 Å². The SMILES string of the molecule is CO[C@@H]1CCCC[C@@H]1OC(=O)CN(CI)C1CCCCCC1. The third-order valence-electron chi connectivity index (χ3n) is 5.05. The van der Waals surface area contributed by atoms with Crippen molar-refractivity contribution < 1.29 is 14.3 Å². The van der Waals surface area contributed by atoms with E-state index >= 15 is 0 Å². The molecule has 22 heavy (non-hydrogen) atoms. The maximum atomic E-state index is 12.3. The zero-order valence-electron chi connectivity index (χ0n) is 13.8. The van der Waals surface area contributed by atoms with Gasteiger partial charge < -0.3 is 9.47 Å². The molecule has 0 bridgehead atoms. The van der Waals surface area contributed by atoms with Crippen molar-refractivity contribution in [3.8, 4) is 0 Å². The van der Waals surface area contributed by atoms with Crippen molar-refractivity contribution in [1.82, 2.24) is 4.90 Å². The Balaban J connectivity index is 1.82. The van der Waals surface area contributed by atoms with Crippen LogP contribution in [0.25, 0.3) is 0 Å². The summed E-state index contributed by atoms with van der Waals surface area (Å²) in [6, 6.07) is 0.552. The summed E-state index contributed by atoms with van der Waals surface area (Å²) < 4.78 is 12.1. The van der Waals surface area contributed by atoms with E-state index in [9.17, 15) is 4.79 Å². The molecule has 2 fully saturated rings. The summed E-state index contributed by atoms with van der Waals surface area (Å²) in [5.74, 6) is -0.0742. The van der Waals surface area contributed by atoms with E-state index in [1.165, 1.54) is 44.9 Å². The van der Waals surface area contributed by atoms with Crippen LogP contribution in [-0.4, -0.2) is 47.3 Å². The van der Waals surface area contributed by atoms with Crippen LogP contribution in [0.3, 0.4) is 0 Å². The van der Waals surface area contributed by atoms with Gasteiger partial charge in [-0.25, -0.2) is 0 Å². The zero-order valence-corrected chi connectivity index (χ0v) is 15.9. The van der Waals surface area contributed by atoms with Gasteiger partial charge in [0.2, 0.25) is 0 Å². The third-order valence-corrected chi connectivity index (χ3v) is 5.93. The fourth-order valence-corrected chi connectivity index (χ4v) is 4.53. The molecule has 0 aliphatic heterocycles. The minimum absolute atomic E-state index is 0.0450. The van der Waals surface area contributed by atoms with Crippen LogP contribution in [0.4, 0.5) is 0 Å². The molecule has 4 nitrogen and oxygen atoms in total. The van der Waals surface area contributed by atoms with Gasteiger partial charge in [0.1, 0.15) is 6.10 Å². The van der Waals surface area contributed by atoms with Crippen LogP contribution in [0.1, 0.15) is 64.2 Å². The number of hydrogen-bond acceptors (Lipinski definition) is 4. The van der Waals surface area contributed by atoms with Crippen molar-refractivity contribution in [2.45, 2.75) is 82.5 Å². The lowest BCUT2D eigenvalue weighted by molar-refractivity contribution is -0.160. The number of carbonyl (C=O) groups excluding carboxylic acids is 1. The molecule has 2 atom stereocenters. The number of carbonyl (C=O) groups is 1. The highest BCUT2D eigenvalue weighted by Crippen LogP contribution is 2.25. The summed E-state index contributed by atoms with van der Waals surface area (Å²) >= 11 is 2.37. The third kappa shape index (κ3) is 5.64. The molecule has 0 aromatic heterocycles. The van der Waals surface area contributed by atoms with Gasteiger partial charge in [0.15, 0.2) is 0 Å². The summed E-state index contributed by atoms with van der Waals surface area (Å²) in [5.41, 5.74) is 0. The van der Waals surface area contributed by atoms with Crippen LogP contribution in [0.15, 0.2) is 0 Å². The van der Waals surface area contributed by atoms with Crippen LogP contribution in [0, 0.1) is 0 Å². The highest BCUT2D eigenvalue weighted by Gasteiger charge is 2.29. The molecule has 0 amide bonds. The van der Waals surface area contributed by atoms with Crippen LogP contribution in [-0.2, 0) is 14.3 Å². The average molecular weight is 423 g/mol. The predicted octanol–water partition coefficient (Wildman–Crippen LogP) is 3.90. The number of hydrogen-bond donors (Lipinski definition) is 0. The topological polar surface area (TPSA) is 38.8 Å². The number of esters is 1. The van der Waals surface area contributed by atoms with Gasteiger partial charge in [-0.2, -0.15) is 0 Å². The number of nitrogens with zero attached hydrogens (tertiary/aromatic N) is 1. The molecular formula is C17H30INO3. The number of methoxy groups -OCH3 is 1. The lowest BCUT2D eigenvalue weighted by Crippen LogP contribution is -2.42. The molecule has 0 saturated heterocycles. The first-order chi connectivity index (χ1) is 10.7.